The standard InChI is InChI=1S/C24H27NO2/c1-19(2)16-17-26-22-12-8-20(9-13-22)18-25-21-10-14-24(15-11-21)27-23-6-4-3-5-7-23/h3-15,19,25H,16-18H2,1-2H3. The van der Waals surface area contributed by atoms with Gasteiger partial charge in [-0.05, 0) is 66.4 Å². The van der Waals surface area contributed by atoms with Crippen LogP contribution in [0.3, 0.4) is 0 Å². The molecule has 0 radical (unpaired) electrons. The van der Waals surface area contributed by atoms with Gasteiger partial charge in [-0.1, -0.05) is 44.2 Å². The van der Waals surface area contributed by atoms with Gasteiger partial charge in [0.2, 0.25) is 0 Å². The van der Waals surface area contributed by atoms with E-state index >= 15 is 0 Å². The Balaban J connectivity index is 1.47. The molecule has 3 aromatic carbocycles. The van der Waals surface area contributed by atoms with Gasteiger partial charge >= 0.3 is 0 Å². The quantitative estimate of drug-likeness (QED) is 0.471. The highest BCUT2D eigenvalue weighted by Gasteiger charge is 2.00. The molecule has 0 aromatic heterocycles. The molecule has 0 heterocycles. The highest BCUT2D eigenvalue weighted by atomic mass is 16.5. The van der Waals surface area contributed by atoms with Crippen LogP contribution in [-0.4, -0.2) is 6.61 Å². The van der Waals surface area contributed by atoms with E-state index in [0.29, 0.717) is 5.92 Å². The van der Waals surface area contributed by atoms with Crippen LogP contribution in [0.4, 0.5) is 5.69 Å². The maximum Gasteiger partial charge on any atom is 0.127 e. The molecule has 0 amide bonds. The van der Waals surface area contributed by atoms with Crippen molar-refractivity contribution in [2.75, 3.05) is 11.9 Å². The molecule has 140 valence electrons. The molecule has 0 aliphatic carbocycles. The summed E-state index contributed by atoms with van der Waals surface area (Å²) >= 11 is 0. The van der Waals surface area contributed by atoms with Crippen molar-refractivity contribution >= 4 is 5.69 Å². The zero-order chi connectivity index (χ0) is 18.9. The number of para-hydroxylation sites is 1. The van der Waals surface area contributed by atoms with E-state index in [2.05, 4.69) is 31.3 Å². The maximum absolute atomic E-state index is 5.81. The topological polar surface area (TPSA) is 30.5 Å². The Hall–Kier alpha value is -2.94. The van der Waals surface area contributed by atoms with E-state index in [4.69, 9.17) is 9.47 Å². The Bertz CT molecular complexity index is 796. The minimum Gasteiger partial charge on any atom is -0.494 e. The molecule has 0 saturated carbocycles. The molecule has 3 nitrogen and oxygen atoms in total. The van der Waals surface area contributed by atoms with Crippen LogP contribution in [-0.2, 0) is 6.54 Å². The molecule has 1 N–H and O–H groups in total. The zero-order valence-corrected chi connectivity index (χ0v) is 16.0. The molecule has 0 spiro atoms. The number of nitrogens with one attached hydrogen (secondary N) is 1. The first kappa shape index (κ1) is 18.8. The van der Waals surface area contributed by atoms with Crippen molar-refractivity contribution in [1.29, 1.82) is 0 Å². The second-order valence-corrected chi connectivity index (χ2v) is 6.97. The summed E-state index contributed by atoms with van der Waals surface area (Å²) in [7, 11) is 0. The van der Waals surface area contributed by atoms with Crippen molar-refractivity contribution in [3.05, 3.63) is 84.4 Å². The lowest BCUT2D eigenvalue weighted by molar-refractivity contribution is 0.289. The molecule has 3 heteroatoms. The first-order valence-electron chi connectivity index (χ1n) is 9.47. The van der Waals surface area contributed by atoms with Crippen LogP contribution < -0.4 is 14.8 Å². The summed E-state index contributed by atoms with van der Waals surface area (Å²) in [6.07, 6.45) is 1.08. The van der Waals surface area contributed by atoms with Crippen LogP contribution in [0.25, 0.3) is 0 Å². The second kappa shape index (κ2) is 9.67. The fourth-order valence-electron chi connectivity index (χ4n) is 2.59. The van der Waals surface area contributed by atoms with Crippen molar-refractivity contribution in [2.45, 2.75) is 26.8 Å². The van der Waals surface area contributed by atoms with Crippen LogP contribution in [0.1, 0.15) is 25.8 Å². The molecule has 27 heavy (non-hydrogen) atoms. The third-order valence-electron chi connectivity index (χ3n) is 4.22. The van der Waals surface area contributed by atoms with Gasteiger partial charge in [-0.15, -0.1) is 0 Å². The molecule has 0 atom stereocenters. The van der Waals surface area contributed by atoms with Gasteiger partial charge in [0.15, 0.2) is 0 Å². The number of hydrogen-bond acceptors (Lipinski definition) is 3. The Morgan fingerprint density at radius 1 is 0.741 bits per heavy atom. The molecule has 0 saturated heterocycles. The van der Waals surface area contributed by atoms with Gasteiger partial charge in [0.05, 0.1) is 6.61 Å². The summed E-state index contributed by atoms with van der Waals surface area (Å²) in [6.45, 7) is 5.95. The van der Waals surface area contributed by atoms with Gasteiger partial charge in [-0.3, -0.25) is 0 Å². The molecular weight excluding hydrogens is 334 g/mol. The summed E-state index contributed by atoms with van der Waals surface area (Å²) in [4.78, 5) is 0. The first-order chi connectivity index (χ1) is 13.2. The summed E-state index contributed by atoms with van der Waals surface area (Å²) in [6, 6.07) is 26.1. The first-order valence-corrected chi connectivity index (χ1v) is 9.47. The Labute approximate surface area is 162 Å². The van der Waals surface area contributed by atoms with Gasteiger partial charge in [0, 0.05) is 12.2 Å². The SMILES string of the molecule is CC(C)CCOc1ccc(CNc2ccc(Oc3ccccc3)cc2)cc1. The number of benzene rings is 3. The highest BCUT2D eigenvalue weighted by Crippen LogP contribution is 2.23. The molecule has 0 aliphatic rings. The van der Waals surface area contributed by atoms with E-state index < -0.39 is 0 Å². The number of ether oxygens (including phenoxy) is 2. The molecule has 0 aliphatic heterocycles. The Kier molecular flexibility index (Phi) is 6.75. The molecule has 0 unspecified atom stereocenters. The number of rotatable bonds is 9. The van der Waals surface area contributed by atoms with Crippen LogP contribution in [0.5, 0.6) is 17.2 Å². The zero-order valence-electron chi connectivity index (χ0n) is 16.0. The Morgan fingerprint density at radius 2 is 1.37 bits per heavy atom. The van der Waals surface area contributed by atoms with Crippen molar-refractivity contribution in [3.8, 4) is 17.2 Å². The van der Waals surface area contributed by atoms with Crippen molar-refractivity contribution < 1.29 is 9.47 Å². The van der Waals surface area contributed by atoms with Crippen molar-refractivity contribution in [2.24, 2.45) is 5.92 Å². The van der Waals surface area contributed by atoms with Crippen molar-refractivity contribution in [1.82, 2.24) is 0 Å². The maximum atomic E-state index is 5.81. The normalized spacial score (nSPS) is 10.6. The minimum atomic E-state index is 0.665. The molecule has 3 rings (SSSR count). The third-order valence-corrected chi connectivity index (χ3v) is 4.22. The smallest absolute Gasteiger partial charge is 0.127 e. The van der Waals surface area contributed by atoms with Crippen LogP contribution in [0, 0.1) is 5.92 Å². The molecule has 0 bridgehead atoms. The lowest BCUT2D eigenvalue weighted by Gasteiger charge is -2.10. The predicted octanol–water partition coefficient (Wildman–Crippen LogP) is 6.52. The van der Waals surface area contributed by atoms with E-state index in [1.807, 2.05) is 66.7 Å². The van der Waals surface area contributed by atoms with Gasteiger partial charge < -0.3 is 14.8 Å². The average Bonchev–Trinajstić information content (AvgIpc) is 2.69. The van der Waals surface area contributed by atoms with E-state index in [-0.39, 0.29) is 0 Å². The second-order valence-electron chi connectivity index (χ2n) is 6.97. The largest absolute Gasteiger partial charge is 0.494 e. The number of hydrogen-bond donors (Lipinski definition) is 1. The van der Waals surface area contributed by atoms with Gasteiger partial charge in [-0.25, -0.2) is 0 Å². The monoisotopic (exact) mass is 361 g/mol. The summed E-state index contributed by atoms with van der Waals surface area (Å²) in [5.74, 6) is 3.27. The van der Waals surface area contributed by atoms with Gasteiger partial charge in [0.25, 0.3) is 0 Å². The minimum absolute atomic E-state index is 0.665. The van der Waals surface area contributed by atoms with E-state index in [9.17, 15) is 0 Å². The lowest BCUT2D eigenvalue weighted by Crippen LogP contribution is -2.02. The van der Waals surface area contributed by atoms with Gasteiger partial charge in [0.1, 0.15) is 17.2 Å². The van der Waals surface area contributed by atoms with Crippen LogP contribution >= 0.6 is 0 Å². The molecule has 3 aromatic rings. The fraction of sp³-hybridized carbons (Fsp3) is 0.250. The fourth-order valence-corrected chi connectivity index (χ4v) is 2.59. The van der Waals surface area contributed by atoms with Crippen LogP contribution in [0.2, 0.25) is 0 Å². The highest BCUT2D eigenvalue weighted by molar-refractivity contribution is 5.47. The summed E-state index contributed by atoms with van der Waals surface area (Å²) in [5, 5.41) is 3.43. The predicted molar refractivity (Wildman–Crippen MR) is 112 cm³/mol. The average molecular weight is 361 g/mol. The van der Waals surface area contributed by atoms with E-state index in [0.717, 1.165) is 42.5 Å². The number of anilines is 1. The van der Waals surface area contributed by atoms with E-state index in [1.165, 1.54) is 5.56 Å². The van der Waals surface area contributed by atoms with E-state index in [1.54, 1.807) is 0 Å². The lowest BCUT2D eigenvalue weighted by atomic mass is 10.1. The van der Waals surface area contributed by atoms with Crippen molar-refractivity contribution in [3.63, 3.8) is 0 Å². The molecule has 0 fully saturated rings. The third kappa shape index (κ3) is 6.37. The Morgan fingerprint density at radius 3 is 2.04 bits per heavy atom. The van der Waals surface area contributed by atoms with Gasteiger partial charge in [-0.2, -0.15) is 0 Å². The molecular formula is C24H27NO2. The summed E-state index contributed by atoms with van der Waals surface area (Å²) in [5.41, 5.74) is 2.28. The summed E-state index contributed by atoms with van der Waals surface area (Å²) < 4.78 is 11.6. The van der Waals surface area contributed by atoms with Crippen LogP contribution in [0.15, 0.2) is 78.9 Å².